The number of hydrogen-bond acceptors (Lipinski definition) is 2. The van der Waals surface area contributed by atoms with Crippen LogP contribution in [0.4, 0.5) is 0 Å². The second-order valence-corrected chi connectivity index (χ2v) is 3.08. The summed E-state index contributed by atoms with van der Waals surface area (Å²) in [6.07, 6.45) is 2.86. The first-order valence-electron chi connectivity index (χ1n) is 4.25. The van der Waals surface area contributed by atoms with Crippen molar-refractivity contribution >= 4 is 11.6 Å². The molecule has 0 radical (unpaired) electrons. The molecule has 68 valence electrons. The Kier molecular flexibility index (Phi) is 5.26. The van der Waals surface area contributed by atoms with E-state index >= 15 is 0 Å². The lowest BCUT2D eigenvalue weighted by molar-refractivity contribution is -0.122. The summed E-state index contributed by atoms with van der Waals surface area (Å²) in [6, 6.07) is 0. The fourth-order valence-corrected chi connectivity index (χ4v) is 0.834. The van der Waals surface area contributed by atoms with Gasteiger partial charge in [0, 0.05) is 19.3 Å². The quantitative estimate of drug-likeness (QED) is 0.590. The van der Waals surface area contributed by atoms with Crippen molar-refractivity contribution in [3.8, 4) is 0 Å². The smallest absolute Gasteiger partial charge is 0.156 e. The van der Waals surface area contributed by atoms with E-state index < -0.39 is 0 Å². The zero-order chi connectivity index (χ0) is 9.56. The van der Waals surface area contributed by atoms with Gasteiger partial charge in [-0.1, -0.05) is 12.5 Å². The summed E-state index contributed by atoms with van der Waals surface area (Å²) in [4.78, 5) is 21.9. The molecule has 2 heteroatoms. The molecule has 0 aromatic carbocycles. The molecule has 0 unspecified atom stereocenters. The van der Waals surface area contributed by atoms with E-state index in [0.29, 0.717) is 19.3 Å². The molecule has 0 rings (SSSR count). The van der Waals surface area contributed by atoms with E-state index in [9.17, 15) is 9.59 Å². The first kappa shape index (κ1) is 11.1. The van der Waals surface area contributed by atoms with Crippen LogP contribution in [0.25, 0.3) is 0 Å². The number of hydrogen-bond donors (Lipinski definition) is 0. The average molecular weight is 168 g/mol. The molecular formula is C10H16O2. The minimum atomic E-state index is 0.0526. The first-order valence-corrected chi connectivity index (χ1v) is 4.25. The lowest BCUT2D eigenvalue weighted by atomic mass is 10.1. The second kappa shape index (κ2) is 5.70. The van der Waals surface area contributed by atoms with E-state index in [1.54, 1.807) is 6.08 Å². The maximum Gasteiger partial charge on any atom is 0.156 e. The van der Waals surface area contributed by atoms with Crippen molar-refractivity contribution in [3.05, 3.63) is 11.6 Å². The van der Waals surface area contributed by atoms with Crippen LogP contribution >= 0.6 is 0 Å². The van der Waals surface area contributed by atoms with Gasteiger partial charge in [0.05, 0.1) is 0 Å². The van der Waals surface area contributed by atoms with Crippen LogP contribution in [-0.2, 0) is 9.59 Å². The highest BCUT2D eigenvalue weighted by atomic mass is 16.1. The molecular weight excluding hydrogens is 152 g/mol. The van der Waals surface area contributed by atoms with Crippen molar-refractivity contribution in [2.75, 3.05) is 0 Å². The van der Waals surface area contributed by atoms with Crippen molar-refractivity contribution in [1.29, 1.82) is 0 Å². The summed E-state index contributed by atoms with van der Waals surface area (Å²) in [5.74, 6) is 0.210. The highest BCUT2D eigenvalue weighted by molar-refractivity contribution is 5.93. The molecule has 0 fully saturated rings. The van der Waals surface area contributed by atoms with Gasteiger partial charge in [0.1, 0.15) is 5.78 Å². The third kappa shape index (κ3) is 5.83. The summed E-state index contributed by atoms with van der Waals surface area (Å²) < 4.78 is 0. The molecule has 0 aliphatic heterocycles. The first-order chi connectivity index (χ1) is 5.56. The van der Waals surface area contributed by atoms with Crippen LogP contribution in [0.15, 0.2) is 11.6 Å². The van der Waals surface area contributed by atoms with E-state index in [4.69, 9.17) is 0 Å². The van der Waals surface area contributed by atoms with Crippen LogP contribution in [0.3, 0.4) is 0 Å². The fraction of sp³-hybridized carbons (Fsp3) is 0.600. The Bertz CT molecular complexity index is 198. The van der Waals surface area contributed by atoms with Crippen molar-refractivity contribution in [2.45, 2.75) is 40.0 Å². The van der Waals surface area contributed by atoms with Gasteiger partial charge in [0.25, 0.3) is 0 Å². The monoisotopic (exact) mass is 168 g/mol. The summed E-state index contributed by atoms with van der Waals surface area (Å²) in [5, 5.41) is 0. The van der Waals surface area contributed by atoms with Gasteiger partial charge < -0.3 is 0 Å². The highest BCUT2D eigenvalue weighted by Gasteiger charge is 2.02. The third-order valence-corrected chi connectivity index (χ3v) is 1.49. The third-order valence-electron chi connectivity index (χ3n) is 1.49. The minimum absolute atomic E-state index is 0.0526. The normalized spacial score (nSPS) is 9.25. The SMILES string of the molecule is CCC(=O)CCC(=O)C=C(C)C. The zero-order valence-corrected chi connectivity index (χ0v) is 8.02. The molecule has 0 spiro atoms. The Hall–Kier alpha value is -0.920. The minimum Gasteiger partial charge on any atom is -0.300 e. The number of carbonyl (C=O) groups excluding carboxylic acids is 2. The molecule has 0 N–H and O–H groups in total. The largest absolute Gasteiger partial charge is 0.300 e. The maximum absolute atomic E-state index is 11.0. The summed E-state index contributed by atoms with van der Waals surface area (Å²) in [5.41, 5.74) is 0.990. The van der Waals surface area contributed by atoms with Crippen molar-refractivity contribution in [2.24, 2.45) is 0 Å². The average Bonchev–Trinajstić information content (AvgIpc) is 1.99. The van der Waals surface area contributed by atoms with Crippen molar-refractivity contribution in [3.63, 3.8) is 0 Å². The number of allylic oxidation sites excluding steroid dienone is 2. The Balaban J connectivity index is 3.73. The molecule has 0 atom stereocenters. The van der Waals surface area contributed by atoms with Crippen LogP contribution in [-0.4, -0.2) is 11.6 Å². The Morgan fingerprint density at radius 3 is 2.17 bits per heavy atom. The summed E-state index contributed by atoms with van der Waals surface area (Å²) in [7, 11) is 0. The standard InChI is InChI=1S/C10H16O2/c1-4-9(11)5-6-10(12)7-8(2)3/h7H,4-6H2,1-3H3. The fourth-order valence-electron chi connectivity index (χ4n) is 0.834. The van der Waals surface area contributed by atoms with Crippen LogP contribution in [0.5, 0.6) is 0 Å². The molecule has 0 aliphatic rings. The van der Waals surface area contributed by atoms with E-state index in [-0.39, 0.29) is 11.6 Å². The number of carbonyl (C=O) groups is 2. The lowest BCUT2D eigenvalue weighted by Gasteiger charge is -1.94. The van der Waals surface area contributed by atoms with Gasteiger partial charge in [-0.2, -0.15) is 0 Å². The molecule has 0 aromatic rings. The molecule has 0 bridgehead atoms. The van der Waals surface area contributed by atoms with Gasteiger partial charge in [-0.05, 0) is 19.9 Å². The van der Waals surface area contributed by atoms with Crippen LogP contribution in [0.1, 0.15) is 40.0 Å². The predicted molar refractivity (Wildman–Crippen MR) is 49.0 cm³/mol. The Morgan fingerprint density at radius 2 is 1.75 bits per heavy atom. The van der Waals surface area contributed by atoms with Gasteiger partial charge in [-0.25, -0.2) is 0 Å². The predicted octanol–water partition coefficient (Wildman–Crippen LogP) is 2.28. The lowest BCUT2D eigenvalue weighted by Crippen LogP contribution is -2.00. The van der Waals surface area contributed by atoms with Crippen LogP contribution in [0, 0.1) is 0 Å². The van der Waals surface area contributed by atoms with Crippen molar-refractivity contribution < 1.29 is 9.59 Å². The molecule has 0 saturated heterocycles. The van der Waals surface area contributed by atoms with E-state index in [1.807, 2.05) is 20.8 Å². The van der Waals surface area contributed by atoms with Gasteiger partial charge in [-0.15, -0.1) is 0 Å². The highest BCUT2D eigenvalue weighted by Crippen LogP contribution is 1.99. The molecule has 0 heterocycles. The van der Waals surface area contributed by atoms with Gasteiger partial charge in [-0.3, -0.25) is 9.59 Å². The molecule has 0 amide bonds. The number of Topliss-reactive ketones (excluding diaryl/α,β-unsaturated/α-hetero) is 1. The van der Waals surface area contributed by atoms with E-state index in [0.717, 1.165) is 5.57 Å². The van der Waals surface area contributed by atoms with Crippen molar-refractivity contribution in [1.82, 2.24) is 0 Å². The van der Waals surface area contributed by atoms with Crippen LogP contribution in [0.2, 0.25) is 0 Å². The number of ketones is 2. The Morgan fingerprint density at radius 1 is 1.17 bits per heavy atom. The summed E-state index contributed by atoms with van der Waals surface area (Å²) >= 11 is 0. The van der Waals surface area contributed by atoms with Gasteiger partial charge in [0.2, 0.25) is 0 Å². The molecule has 2 nitrogen and oxygen atoms in total. The van der Waals surface area contributed by atoms with Gasteiger partial charge in [0.15, 0.2) is 5.78 Å². The molecule has 12 heavy (non-hydrogen) atoms. The van der Waals surface area contributed by atoms with E-state index in [2.05, 4.69) is 0 Å². The number of rotatable bonds is 5. The zero-order valence-electron chi connectivity index (χ0n) is 8.02. The maximum atomic E-state index is 11.0. The van der Waals surface area contributed by atoms with E-state index in [1.165, 1.54) is 0 Å². The van der Waals surface area contributed by atoms with Crippen LogP contribution < -0.4 is 0 Å². The second-order valence-electron chi connectivity index (χ2n) is 3.08. The molecule has 0 saturated carbocycles. The molecule has 0 aromatic heterocycles. The van der Waals surface area contributed by atoms with Gasteiger partial charge >= 0.3 is 0 Å². The topological polar surface area (TPSA) is 34.1 Å². The Labute approximate surface area is 73.7 Å². The molecule has 0 aliphatic carbocycles. The summed E-state index contributed by atoms with van der Waals surface area (Å²) in [6.45, 7) is 5.56.